The van der Waals surface area contributed by atoms with Crippen molar-refractivity contribution in [2.24, 2.45) is 5.73 Å². The van der Waals surface area contributed by atoms with Crippen molar-refractivity contribution >= 4 is 17.3 Å². The van der Waals surface area contributed by atoms with E-state index in [9.17, 15) is 4.39 Å². The van der Waals surface area contributed by atoms with Gasteiger partial charge in [-0.2, -0.15) is 0 Å². The van der Waals surface area contributed by atoms with Crippen molar-refractivity contribution in [3.8, 4) is 0 Å². The van der Waals surface area contributed by atoms with Gasteiger partial charge in [0.1, 0.15) is 5.82 Å². The van der Waals surface area contributed by atoms with Gasteiger partial charge in [-0.1, -0.05) is 23.7 Å². The summed E-state index contributed by atoms with van der Waals surface area (Å²) in [5.74, 6) is -0.237. The highest BCUT2D eigenvalue weighted by atomic mass is 35.5. The minimum absolute atomic E-state index is 0.237. The van der Waals surface area contributed by atoms with Crippen LogP contribution in [-0.4, -0.2) is 19.1 Å². The summed E-state index contributed by atoms with van der Waals surface area (Å²) in [4.78, 5) is 2.10. The van der Waals surface area contributed by atoms with E-state index in [1.807, 2.05) is 31.3 Å². The summed E-state index contributed by atoms with van der Waals surface area (Å²) in [5, 5.41) is 0.722. The fourth-order valence-electron chi connectivity index (χ4n) is 2.35. The number of likely N-dealkylation sites (N-methyl/N-ethyl adjacent to an activating group) is 1. The molecule has 2 rings (SSSR count). The Morgan fingerprint density at radius 3 is 2.19 bits per heavy atom. The Labute approximate surface area is 130 Å². The fraction of sp³-hybridized carbons (Fsp3) is 0.294. The number of nitrogens with zero attached hydrogens (tertiary/aromatic N) is 1. The van der Waals surface area contributed by atoms with Crippen LogP contribution in [0.1, 0.15) is 12.5 Å². The third kappa shape index (κ3) is 3.74. The molecule has 0 fully saturated rings. The molecular formula is C17H20ClFN2. The quantitative estimate of drug-likeness (QED) is 0.908. The van der Waals surface area contributed by atoms with Gasteiger partial charge >= 0.3 is 0 Å². The van der Waals surface area contributed by atoms with E-state index in [0.29, 0.717) is 6.54 Å². The van der Waals surface area contributed by atoms with Gasteiger partial charge < -0.3 is 10.6 Å². The van der Waals surface area contributed by atoms with E-state index in [0.717, 1.165) is 17.1 Å². The minimum atomic E-state index is -0.258. The molecule has 2 aromatic rings. The molecule has 0 radical (unpaired) electrons. The lowest BCUT2D eigenvalue weighted by Crippen LogP contribution is -2.51. The van der Waals surface area contributed by atoms with E-state index < -0.39 is 0 Å². The third-order valence-electron chi connectivity index (χ3n) is 3.96. The first kappa shape index (κ1) is 15.8. The molecule has 0 aliphatic rings. The Morgan fingerprint density at radius 2 is 1.67 bits per heavy atom. The number of halogens is 2. The summed E-state index contributed by atoms with van der Waals surface area (Å²) in [7, 11) is 1.98. The average Bonchev–Trinajstić information content (AvgIpc) is 2.49. The first-order valence-electron chi connectivity index (χ1n) is 6.88. The van der Waals surface area contributed by atoms with Crippen LogP contribution in [0.5, 0.6) is 0 Å². The molecule has 0 bridgehead atoms. The molecule has 0 aliphatic heterocycles. The van der Waals surface area contributed by atoms with Gasteiger partial charge in [0, 0.05) is 24.3 Å². The van der Waals surface area contributed by atoms with Crippen LogP contribution >= 0.6 is 11.6 Å². The standard InChI is InChI=1S/C17H20ClFN2/c1-17(12-20,11-13-3-5-14(18)6-4-13)21(2)16-9-7-15(19)8-10-16/h3-10H,11-12,20H2,1-2H3. The first-order valence-corrected chi connectivity index (χ1v) is 7.26. The molecule has 1 unspecified atom stereocenters. The van der Waals surface area contributed by atoms with E-state index in [4.69, 9.17) is 17.3 Å². The highest BCUT2D eigenvalue weighted by Gasteiger charge is 2.28. The molecular weight excluding hydrogens is 287 g/mol. The zero-order valence-electron chi connectivity index (χ0n) is 12.3. The molecule has 1 atom stereocenters. The summed E-state index contributed by atoms with van der Waals surface area (Å²) < 4.78 is 13.1. The molecule has 0 saturated carbocycles. The zero-order valence-corrected chi connectivity index (χ0v) is 13.1. The van der Waals surface area contributed by atoms with Gasteiger partial charge in [0.25, 0.3) is 0 Å². The topological polar surface area (TPSA) is 29.3 Å². The first-order chi connectivity index (χ1) is 9.94. The van der Waals surface area contributed by atoms with Crippen LogP contribution in [-0.2, 0) is 6.42 Å². The Morgan fingerprint density at radius 1 is 1.10 bits per heavy atom. The van der Waals surface area contributed by atoms with Gasteiger partial charge in [0.2, 0.25) is 0 Å². The number of benzene rings is 2. The van der Waals surface area contributed by atoms with Crippen molar-refractivity contribution in [2.45, 2.75) is 18.9 Å². The monoisotopic (exact) mass is 306 g/mol. The van der Waals surface area contributed by atoms with Crippen LogP contribution in [0.25, 0.3) is 0 Å². The van der Waals surface area contributed by atoms with Gasteiger partial charge in [-0.15, -0.1) is 0 Å². The van der Waals surface area contributed by atoms with Crippen molar-refractivity contribution in [1.82, 2.24) is 0 Å². The maximum absolute atomic E-state index is 13.1. The van der Waals surface area contributed by atoms with Crippen LogP contribution in [0.3, 0.4) is 0 Å². The lowest BCUT2D eigenvalue weighted by molar-refractivity contribution is 0.449. The molecule has 2 N–H and O–H groups in total. The number of hydrogen-bond donors (Lipinski definition) is 1. The third-order valence-corrected chi connectivity index (χ3v) is 4.21. The second-order valence-corrected chi connectivity index (χ2v) is 5.98. The van der Waals surface area contributed by atoms with Crippen LogP contribution < -0.4 is 10.6 Å². The highest BCUT2D eigenvalue weighted by Crippen LogP contribution is 2.26. The number of rotatable bonds is 5. The van der Waals surface area contributed by atoms with Crippen molar-refractivity contribution < 1.29 is 4.39 Å². The average molecular weight is 307 g/mol. The number of anilines is 1. The van der Waals surface area contributed by atoms with E-state index in [1.165, 1.54) is 17.7 Å². The van der Waals surface area contributed by atoms with Gasteiger partial charge in [0.15, 0.2) is 0 Å². The van der Waals surface area contributed by atoms with Gasteiger partial charge in [-0.05, 0) is 55.3 Å². The maximum Gasteiger partial charge on any atom is 0.123 e. The van der Waals surface area contributed by atoms with E-state index in [1.54, 1.807) is 12.1 Å². The van der Waals surface area contributed by atoms with E-state index >= 15 is 0 Å². The Bertz CT molecular complexity index is 583. The van der Waals surface area contributed by atoms with Crippen molar-refractivity contribution in [2.75, 3.05) is 18.5 Å². The maximum atomic E-state index is 13.1. The molecule has 0 saturated heterocycles. The smallest absolute Gasteiger partial charge is 0.123 e. The van der Waals surface area contributed by atoms with Crippen LogP contribution in [0.2, 0.25) is 5.02 Å². The van der Waals surface area contributed by atoms with E-state index in [2.05, 4.69) is 11.8 Å². The normalized spacial score (nSPS) is 13.8. The van der Waals surface area contributed by atoms with Crippen molar-refractivity contribution in [3.63, 3.8) is 0 Å². The number of hydrogen-bond acceptors (Lipinski definition) is 2. The molecule has 112 valence electrons. The van der Waals surface area contributed by atoms with Gasteiger partial charge in [-0.25, -0.2) is 4.39 Å². The lowest BCUT2D eigenvalue weighted by atomic mass is 9.90. The Hall–Kier alpha value is -1.58. The van der Waals surface area contributed by atoms with Crippen molar-refractivity contribution in [1.29, 1.82) is 0 Å². The summed E-state index contributed by atoms with van der Waals surface area (Å²) in [6.07, 6.45) is 0.786. The Balaban J connectivity index is 2.23. The van der Waals surface area contributed by atoms with E-state index in [-0.39, 0.29) is 11.4 Å². The molecule has 2 aromatic carbocycles. The summed E-state index contributed by atoms with van der Waals surface area (Å²) in [5.41, 5.74) is 7.86. The molecule has 0 aromatic heterocycles. The van der Waals surface area contributed by atoms with Crippen LogP contribution in [0, 0.1) is 5.82 Å². The summed E-state index contributed by atoms with van der Waals surface area (Å²) >= 11 is 5.92. The molecule has 2 nitrogen and oxygen atoms in total. The molecule has 0 spiro atoms. The molecule has 21 heavy (non-hydrogen) atoms. The predicted octanol–water partition coefficient (Wildman–Crippen LogP) is 3.88. The number of nitrogens with two attached hydrogens (primary N) is 1. The molecule has 4 heteroatoms. The summed E-state index contributed by atoms with van der Waals surface area (Å²) in [6, 6.07) is 14.2. The minimum Gasteiger partial charge on any atom is -0.368 e. The second-order valence-electron chi connectivity index (χ2n) is 5.54. The molecule has 0 amide bonds. The second kappa shape index (κ2) is 6.46. The molecule has 0 aliphatic carbocycles. The Kier molecular flexibility index (Phi) is 4.86. The SMILES string of the molecule is CN(c1ccc(F)cc1)C(C)(CN)Cc1ccc(Cl)cc1. The van der Waals surface area contributed by atoms with Crippen molar-refractivity contribution in [3.05, 3.63) is 64.9 Å². The predicted molar refractivity (Wildman–Crippen MR) is 87.4 cm³/mol. The molecule has 0 heterocycles. The highest BCUT2D eigenvalue weighted by molar-refractivity contribution is 6.30. The van der Waals surface area contributed by atoms with Crippen LogP contribution in [0.15, 0.2) is 48.5 Å². The largest absolute Gasteiger partial charge is 0.368 e. The van der Waals surface area contributed by atoms with Gasteiger partial charge in [0.05, 0.1) is 5.54 Å². The van der Waals surface area contributed by atoms with Crippen LogP contribution in [0.4, 0.5) is 10.1 Å². The zero-order chi connectivity index (χ0) is 15.5. The fourth-order valence-corrected chi connectivity index (χ4v) is 2.47. The van der Waals surface area contributed by atoms with Gasteiger partial charge in [-0.3, -0.25) is 0 Å². The summed E-state index contributed by atoms with van der Waals surface area (Å²) in [6.45, 7) is 2.59. The lowest BCUT2D eigenvalue weighted by Gasteiger charge is -2.40.